The highest BCUT2D eigenvalue weighted by Crippen LogP contribution is 2.22. The van der Waals surface area contributed by atoms with Gasteiger partial charge in [-0.2, -0.15) is 0 Å². The summed E-state index contributed by atoms with van der Waals surface area (Å²) in [5, 5.41) is 5.74. The SMILES string of the molecule is CCOc1ccc(CNC(CC)c2cccs2)cc1. The van der Waals surface area contributed by atoms with Crippen LogP contribution in [0.2, 0.25) is 0 Å². The predicted molar refractivity (Wildman–Crippen MR) is 81.8 cm³/mol. The maximum Gasteiger partial charge on any atom is 0.119 e. The van der Waals surface area contributed by atoms with Gasteiger partial charge in [0.25, 0.3) is 0 Å². The average molecular weight is 275 g/mol. The monoisotopic (exact) mass is 275 g/mol. The van der Waals surface area contributed by atoms with E-state index >= 15 is 0 Å². The molecule has 2 aromatic rings. The molecule has 1 unspecified atom stereocenters. The third-order valence-electron chi connectivity index (χ3n) is 3.08. The van der Waals surface area contributed by atoms with Gasteiger partial charge in [0.05, 0.1) is 6.61 Å². The van der Waals surface area contributed by atoms with Crippen LogP contribution < -0.4 is 10.1 Å². The van der Waals surface area contributed by atoms with Crippen LogP contribution in [0.4, 0.5) is 0 Å². The van der Waals surface area contributed by atoms with Gasteiger partial charge in [-0.3, -0.25) is 0 Å². The number of thiophene rings is 1. The molecule has 1 heterocycles. The minimum absolute atomic E-state index is 0.451. The molecule has 0 fully saturated rings. The summed E-state index contributed by atoms with van der Waals surface area (Å²) in [7, 11) is 0. The van der Waals surface area contributed by atoms with Crippen molar-refractivity contribution in [1.29, 1.82) is 0 Å². The molecule has 0 bridgehead atoms. The van der Waals surface area contributed by atoms with Crippen molar-refractivity contribution < 1.29 is 4.74 Å². The van der Waals surface area contributed by atoms with Crippen LogP contribution in [0.1, 0.15) is 36.8 Å². The summed E-state index contributed by atoms with van der Waals surface area (Å²) in [4.78, 5) is 1.41. The quantitative estimate of drug-likeness (QED) is 0.809. The molecule has 0 saturated heterocycles. The third-order valence-corrected chi connectivity index (χ3v) is 4.07. The lowest BCUT2D eigenvalue weighted by molar-refractivity contribution is 0.340. The van der Waals surface area contributed by atoms with Crippen molar-refractivity contribution in [2.24, 2.45) is 0 Å². The fourth-order valence-corrected chi connectivity index (χ4v) is 2.93. The zero-order chi connectivity index (χ0) is 13.5. The van der Waals surface area contributed by atoms with E-state index in [9.17, 15) is 0 Å². The topological polar surface area (TPSA) is 21.3 Å². The van der Waals surface area contributed by atoms with Crippen LogP contribution in [0.3, 0.4) is 0 Å². The van der Waals surface area contributed by atoms with Crippen LogP contribution >= 0.6 is 11.3 Å². The molecule has 0 aliphatic carbocycles. The van der Waals surface area contributed by atoms with Gasteiger partial charge in [-0.25, -0.2) is 0 Å². The van der Waals surface area contributed by atoms with E-state index in [1.54, 1.807) is 0 Å². The Hall–Kier alpha value is -1.32. The second-order valence-electron chi connectivity index (χ2n) is 4.43. The highest BCUT2D eigenvalue weighted by Gasteiger charge is 2.09. The van der Waals surface area contributed by atoms with Crippen LogP contribution in [0.25, 0.3) is 0 Å². The molecule has 0 saturated carbocycles. The summed E-state index contributed by atoms with van der Waals surface area (Å²) < 4.78 is 5.45. The summed E-state index contributed by atoms with van der Waals surface area (Å²) in [6, 6.07) is 13.1. The van der Waals surface area contributed by atoms with Crippen LogP contribution in [-0.2, 0) is 6.54 Å². The van der Waals surface area contributed by atoms with Crippen molar-refractivity contribution >= 4 is 11.3 Å². The fraction of sp³-hybridized carbons (Fsp3) is 0.375. The highest BCUT2D eigenvalue weighted by molar-refractivity contribution is 7.10. The van der Waals surface area contributed by atoms with E-state index < -0.39 is 0 Å². The fourth-order valence-electron chi connectivity index (χ4n) is 2.05. The molecule has 3 heteroatoms. The first-order chi connectivity index (χ1) is 9.33. The molecule has 1 aromatic carbocycles. The number of benzene rings is 1. The summed E-state index contributed by atoms with van der Waals surface area (Å²) >= 11 is 1.82. The van der Waals surface area contributed by atoms with Crippen LogP contribution in [-0.4, -0.2) is 6.61 Å². The van der Waals surface area contributed by atoms with Crippen molar-refractivity contribution in [2.75, 3.05) is 6.61 Å². The van der Waals surface area contributed by atoms with Gasteiger partial charge in [-0.05, 0) is 42.5 Å². The van der Waals surface area contributed by atoms with Gasteiger partial charge < -0.3 is 10.1 Å². The lowest BCUT2D eigenvalue weighted by Gasteiger charge is -2.15. The summed E-state index contributed by atoms with van der Waals surface area (Å²) in [6.45, 7) is 5.83. The minimum atomic E-state index is 0.451. The van der Waals surface area contributed by atoms with Gasteiger partial charge in [0.15, 0.2) is 0 Å². The van der Waals surface area contributed by atoms with Crippen molar-refractivity contribution in [3.63, 3.8) is 0 Å². The molecule has 0 spiro atoms. The van der Waals surface area contributed by atoms with Gasteiger partial charge in [0.1, 0.15) is 5.75 Å². The lowest BCUT2D eigenvalue weighted by atomic mass is 10.1. The van der Waals surface area contributed by atoms with E-state index in [1.807, 2.05) is 30.4 Å². The molecular formula is C16H21NOS. The van der Waals surface area contributed by atoms with E-state index in [0.717, 1.165) is 18.7 Å². The summed E-state index contributed by atoms with van der Waals surface area (Å²) in [5.74, 6) is 0.941. The van der Waals surface area contributed by atoms with Gasteiger partial charge in [-0.1, -0.05) is 25.1 Å². The first-order valence-corrected chi connectivity index (χ1v) is 7.70. The van der Waals surface area contributed by atoms with Crippen molar-refractivity contribution in [1.82, 2.24) is 5.32 Å². The maximum atomic E-state index is 5.45. The van der Waals surface area contributed by atoms with Crippen molar-refractivity contribution in [3.8, 4) is 5.75 Å². The highest BCUT2D eigenvalue weighted by atomic mass is 32.1. The Kier molecular flexibility index (Phi) is 5.43. The molecular weight excluding hydrogens is 254 g/mol. The molecule has 1 N–H and O–H groups in total. The summed E-state index contributed by atoms with van der Waals surface area (Å²) in [5.41, 5.74) is 1.29. The minimum Gasteiger partial charge on any atom is -0.494 e. The Labute approximate surface area is 119 Å². The molecule has 0 radical (unpaired) electrons. The van der Waals surface area contributed by atoms with Gasteiger partial charge in [0.2, 0.25) is 0 Å². The Morgan fingerprint density at radius 2 is 1.95 bits per heavy atom. The average Bonchev–Trinajstić information content (AvgIpc) is 2.96. The van der Waals surface area contributed by atoms with E-state index in [-0.39, 0.29) is 0 Å². The Morgan fingerprint density at radius 1 is 1.16 bits per heavy atom. The van der Waals surface area contributed by atoms with Gasteiger partial charge in [0, 0.05) is 17.5 Å². The number of rotatable bonds is 7. The molecule has 1 atom stereocenters. The number of ether oxygens (including phenoxy) is 1. The van der Waals surface area contributed by atoms with Crippen LogP contribution in [0, 0.1) is 0 Å². The summed E-state index contributed by atoms with van der Waals surface area (Å²) in [6.07, 6.45) is 1.11. The predicted octanol–water partition coefficient (Wildman–Crippen LogP) is 4.39. The zero-order valence-electron chi connectivity index (χ0n) is 11.6. The first-order valence-electron chi connectivity index (χ1n) is 6.82. The van der Waals surface area contributed by atoms with E-state index in [4.69, 9.17) is 4.74 Å². The Balaban J connectivity index is 1.90. The molecule has 0 aliphatic heterocycles. The maximum absolute atomic E-state index is 5.45. The van der Waals surface area contributed by atoms with E-state index in [1.165, 1.54) is 10.4 Å². The Morgan fingerprint density at radius 3 is 2.53 bits per heavy atom. The van der Waals surface area contributed by atoms with E-state index in [0.29, 0.717) is 12.6 Å². The zero-order valence-corrected chi connectivity index (χ0v) is 12.4. The van der Waals surface area contributed by atoms with Crippen molar-refractivity contribution in [3.05, 3.63) is 52.2 Å². The second-order valence-corrected chi connectivity index (χ2v) is 5.41. The number of hydrogen-bond donors (Lipinski definition) is 1. The largest absolute Gasteiger partial charge is 0.494 e. The number of nitrogens with one attached hydrogen (secondary N) is 1. The molecule has 2 nitrogen and oxygen atoms in total. The standard InChI is InChI=1S/C16H21NOS/c1-3-15(16-6-5-11-19-16)17-12-13-7-9-14(10-8-13)18-4-2/h5-11,15,17H,3-4,12H2,1-2H3. The van der Waals surface area contributed by atoms with Crippen LogP contribution in [0.15, 0.2) is 41.8 Å². The van der Waals surface area contributed by atoms with Crippen molar-refractivity contribution in [2.45, 2.75) is 32.9 Å². The molecule has 19 heavy (non-hydrogen) atoms. The van der Waals surface area contributed by atoms with E-state index in [2.05, 4.69) is 41.9 Å². The molecule has 0 aliphatic rings. The molecule has 2 rings (SSSR count). The number of hydrogen-bond acceptors (Lipinski definition) is 3. The van der Waals surface area contributed by atoms with Gasteiger partial charge in [-0.15, -0.1) is 11.3 Å². The molecule has 1 aromatic heterocycles. The van der Waals surface area contributed by atoms with Gasteiger partial charge >= 0.3 is 0 Å². The second kappa shape index (κ2) is 7.31. The lowest BCUT2D eigenvalue weighted by Crippen LogP contribution is -2.19. The van der Waals surface area contributed by atoms with Crippen LogP contribution in [0.5, 0.6) is 5.75 Å². The Bertz CT molecular complexity index is 464. The normalized spacial score (nSPS) is 12.3. The third kappa shape index (κ3) is 4.08. The molecule has 0 amide bonds. The first kappa shape index (κ1) is 14.1. The molecule has 102 valence electrons. The smallest absolute Gasteiger partial charge is 0.119 e.